The van der Waals surface area contributed by atoms with E-state index in [1.165, 1.54) is 0 Å². The zero-order chi connectivity index (χ0) is 18.9. The molecule has 3 N–H and O–H groups in total. The Morgan fingerprint density at radius 2 is 1.72 bits per heavy atom. The Hall–Kier alpha value is -2.64. The molecule has 25 heavy (non-hydrogen) atoms. The van der Waals surface area contributed by atoms with Crippen molar-refractivity contribution in [1.29, 1.82) is 0 Å². The molecule has 0 spiro atoms. The van der Waals surface area contributed by atoms with Crippen molar-refractivity contribution < 1.29 is 19.0 Å². The lowest BCUT2D eigenvalue weighted by Crippen LogP contribution is -2.39. The number of nitrogens with one attached hydrogen (secondary N) is 3. The first-order valence-corrected chi connectivity index (χ1v) is 7.95. The molecule has 0 unspecified atom stereocenters. The zero-order valence-corrected chi connectivity index (χ0v) is 15.7. The number of amides is 1. The number of benzene rings is 1. The number of nitrogens with zero attached hydrogens (tertiary/aromatic N) is 1. The van der Waals surface area contributed by atoms with E-state index in [0.29, 0.717) is 30.5 Å². The number of aliphatic imine (C=N–C) groups is 1. The Morgan fingerprint density at radius 1 is 1.08 bits per heavy atom. The maximum atomic E-state index is 11.6. The number of methoxy groups -OCH3 is 2. The SMILES string of the molecule is CN=C(NCCNC(=O)OC(C)(C)C)Nc1ccc(OC)c(OC)c1. The average molecular weight is 352 g/mol. The highest BCUT2D eigenvalue weighted by Crippen LogP contribution is 2.29. The standard InChI is InChI=1S/C17H28N4O4/c1-17(2,3)25-16(22)20-10-9-19-15(18-4)21-12-7-8-13(23-5)14(11-12)24-6/h7-8,11H,9-10H2,1-6H3,(H,20,22)(H2,18,19,21). The molecule has 0 aromatic heterocycles. The van der Waals surface area contributed by atoms with E-state index in [2.05, 4.69) is 20.9 Å². The van der Waals surface area contributed by atoms with Crippen LogP contribution < -0.4 is 25.4 Å². The maximum Gasteiger partial charge on any atom is 0.407 e. The summed E-state index contributed by atoms with van der Waals surface area (Å²) in [4.78, 5) is 15.7. The number of hydrogen-bond donors (Lipinski definition) is 3. The second-order valence-corrected chi connectivity index (χ2v) is 6.12. The highest BCUT2D eigenvalue weighted by Gasteiger charge is 2.15. The van der Waals surface area contributed by atoms with Crippen LogP contribution in [0.5, 0.6) is 11.5 Å². The minimum atomic E-state index is -0.511. The monoisotopic (exact) mass is 352 g/mol. The molecule has 1 aromatic carbocycles. The fraction of sp³-hybridized carbons (Fsp3) is 0.529. The van der Waals surface area contributed by atoms with Crippen LogP contribution in [0.2, 0.25) is 0 Å². The van der Waals surface area contributed by atoms with Gasteiger partial charge in [0.05, 0.1) is 14.2 Å². The lowest BCUT2D eigenvalue weighted by Gasteiger charge is -2.20. The van der Waals surface area contributed by atoms with E-state index >= 15 is 0 Å². The summed E-state index contributed by atoms with van der Waals surface area (Å²) in [7, 11) is 4.83. The number of ether oxygens (including phenoxy) is 3. The van der Waals surface area contributed by atoms with Crippen LogP contribution in [0.25, 0.3) is 0 Å². The summed E-state index contributed by atoms with van der Waals surface area (Å²) in [5, 5.41) is 8.91. The van der Waals surface area contributed by atoms with Gasteiger partial charge in [0.2, 0.25) is 0 Å². The molecule has 0 atom stereocenters. The first-order chi connectivity index (χ1) is 11.8. The highest BCUT2D eigenvalue weighted by molar-refractivity contribution is 5.93. The van der Waals surface area contributed by atoms with Crippen molar-refractivity contribution in [3.63, 3.8) is 0 Å². The number of hydrogen-bond acceptors (Lipinski definition) is 5. The predicted octanol–water partition coefficient (Wildman–Crippen LogP) is 2.22. The Labute approximate surface area is 148 Å². The van der Waals surface area contributed by atoms with Crippen LogP contribution in [-0.4, -0.2) is 52.0 Å². The van der Waals surface area contributed by atoms with Gasteiger partial charge in [0.25, 0.3) is 0 Å². The molecule has 8 heteroatoms. The molecule has 1 rings (SSSR count). The Bertz CT molecular complexity index is 597. The van der Waals surface area contributed by atoms with Gasteiger partial charge < -0.3 is 30.2 Å². The van der Waals surface area contributed by atoms with Crippen LogP contribution in [0.3, 0.4) is 0 Å². The largest absolute Gasteiger partial charge is 0.493 e. The predicted molar refractivity (Wildman–Crippen MR) is 98.8 cm³/mol. The maximum absolute atomic E-state index is 11.6. The second-order valence-electron chi connectivity index (χ2n) is 6.12. The molecule has 1 amide bonds. The van der Waals surface area contributed by atoms with E-state index in [-0.39, 0.29) is 0 Å². The van der Waals surface area contributed by atoms with Crippen LogP contribution >= 0.6 is 0 Å². The van der Waals surface area contributed by atoms with Crippen molar-refractivity contribution in [3.05, 3.63) is 18.2 Å². The van der Waals surface area contributed by atoms with E-state index < -0.39 is 11.7 Å². The van der Waals surface area contributed by atoms with Crippen molar-refractivity contribution in [2.24, 2.45) is 4.99 Å². The molecule has 0 aliphatic rings. The Balaban J connectivity index is 2.47. The molecule has 0 heterocycles. The molecule has 0 aliphatic heterocycles. The van der Waals surface area contributed by atoms with Gasteiger partial charge in [-0.3, -0.25) is 4.99 Å². The number of anilines is 1. The Morgan fingerprint density at radius 3 is 2.28 bits per heavy atom. The van der Waals surface area contributed by atoms with Crippen LogP contribution in [-0.2, 0) is 4.74 Å². The van der Waals surface area contributed by atoms with Crippen molar-refractivity contribution >= 4 is 17.7 Å². The van der Waals surface area contributed by atoms with E-state index in [1.807, 2.05) is 32.9 Å². The summed E-state index contributed by atoms with van der Waals surface area (Å²) >= 11 is 0. The summed E-state index contributed by atoms with van der Waals surface area (Å²) in [5.74, 6) is 1.84. The van der Waals surface area contributed by atoms with Gasteiger partial charge in [0.1, 0.15) is 5.60 Å². The molecule has 0 aliphatic carbocycles. The summed E-state index contributed by atoms with van der Waals surface area (Å²) in [6, 6.07) is 5.47. The van der Waals surface area contributed by atoms with Gasteiger partial charge in [0.15, 0.2) is 17.5 Å². The average Bonchev–Trinajstić information content (AvgIpc) is 2.55. The third-order valence-electron chi connectivity index (χ3n) is 2.96. The first kappa shape index (κ1) is 20.4. The van der Waals surface area contributed by atoms with Gasteiger partial charge in [-0.25, -0.2) is 4.79 Å². The molecule has 0 radical (unpaired) electrons. The summed E-state index contributed by atoms with van der Waals surface area (Å²) in [6.45, 7) is 6.35. The van der Waals surface area contributed by atoms with Gasteiger partial charge in [-0.05, 0) is 32.9 Å². The molecule has 8 nitrogen and oxygen atoms in total. The van der Waals surface area contributed by atoms with E-state index in [0.717, 1.165) is 5.69 Å². The van der Waals surface area contributed by atoms with Crippen LogP contribution in [0.1, 0.15) is 20.8 Å². The second kappa shape index (κ2) is 9.61. The van der Waals surface area contributed by atoms with Crippen LogP contribution in [0.15, 0.2) is 23.2 Å². The van der Waals surface area contributed by atoms with Crippen LogP contribution in [0, 0.1) is 0 Å². The lowest BCUT2D eigenvalue weighted by atomic mass is 10.2. The molecule has 1 aromatic rings. The fourth-order valence-electron chi connectivity index (χ4n) is 1.89. The van der Waals surface area contributed by atoms with Gasteiger partial charge >= 0.3 is 6.09 Å². The molecular formula is C17H28N4O4. The lowest BCUT2D eigenvalue weighted by molar-refractivity contribution is 0.0529. The van der Waals surface area contributed by atoms with Gasteiger partial charge in [-0.15, -0.1) is 0 Å². The topological polar surface area (TPSA) is 93.2 Å². The molecule has 0 saturated carbocycles. The van der Waals surface area contributed by atoms with Crippen LogP contribution in [0.4, 0.5) is 10.5 Å². The molecule has 140 valence electrons. The number of carbonyl (C=O) groups excluding carboxylic acids is 1. The normalized spacial score (nSPS) is 11.5. The van der Waals surface area contributed by atoms with Crippen molar-refractivity contribution in [2.45, 2.75) is 26.4 Å². The van der Waals surface area contributed by atoms with E-state index in [4.69, 9.17) is 14.2 Å². The molecule has 0 fully saturated rings. The minimum absolute atomic E-state index is 0.404. The van der Waals surface area contributed by atoms with Gasteiger partial charge in [0, 0.05) is 31.9 Å². The molecular weight excluding hydrogens is 324 g/mol. The first-order valence-electron chi connectivity index (χ1n) is 7.95. The number of guanidine groups is 1. The fourth-order valence-corrected chi connectivity index (χ4v) is 1.89. The third-order valence-corrected chi connectivity index (χ3v) is 2.96. The van der Waals surface area contributed by atoms with Crippen molar-refractivity contribution in [2.75, 3.05) is 39.7 Å². The minimum Gasteiger partial charge on any atom is -0.493 e. The van der Waals surface area contributed by atoms with Crippen molar-refractivity contribution in [3.8, 4) is 11.5 Å². The number of alkyl carbamates (subject to hydrolysis) is 1. The summed E-state index contributed by atoms with van der Waals surface area (Å²) in [5.41, 5.74) is 0.286. The van der Waals surface area contributed by atoms with E-state index in [9.17, 15) is 4.79 Å². The summed E-state index contributed by atoms with van der Waals surface area (Å²) < 4.78 is 15.6. The Kier molecular flexibility index (Phi) is 7.84. The third kappa shape index (κ3) is 7.65. The molecule has 0 bridgehead atoms. The van der Waals surface area contributed by atoms with Gasteiger partial charge in [-0.1, -0.05) is 0 Å². The quantitative estimate of drug-likeness (QED) is 0.413. The zero-order valence-electron chi connectivity index (χ0n) is 15.7. The van der Waals surface area contributed by atoms with E-state index in [1.54, 1.807) is 27.3 Å². The highest BCUT2D eigenvalue weighted by atomic mass is 16.6. The summed E-state index contributed by atoms with van der Waals surface area (Å²) in [6.07, 6.45) is -0.447. The molecule has 0 saturated heterocycles. The smallest absolute Gasteiger partial charge is 0.407 e. The van der Waals surface area contributed by atoms with Gasteiger partial charge in [-0.2, -0.15) is 0 Å². The van der Waals surface area contributed by atoms with Crippen molar-refractivity contribution in [1.82, 2.24) is 10.6 Å². The number of rotatable bonds is 6. The number of carbonyl (C=O) groups is 1.